The molecule has 2 N–H and O–H groups in total. The van der Waals surface area contributed by atoms with Crippen LogP contribution in [0.2, 0.25) is 0 Å². The standard InChI is InChI=1S/C22H21IN3O/c27-22(26-16-6-5-15-11-24-8-7-14(15)9-16)20-13-25-12-19(20)17-3-1-2-4-18(17)21-10-23-21/h1-9,11,19-21,25H,10,12-13H2,(H,26,27)/q-1/t19-,20+,21?/m0/s1. The Hall–Kier alpha value is -1.99. The number of nitrogens with zero attached hydrogens (tertiary/aromatic N) is 1. The molecule has 3 atom stereocenters. The molecule has 2 aliphatic heterocycles. The van der Waals surface area contributed by atoms with Gasteiger partial charge in [0.15, 0.2) is 0 Å². The number of halogens is 1. The molecule has 138 valence electrons. The van der Waals surface area contributed by atoms with E-state index < -0.39 is 0 Å². The summed E-state index contributed by atoms with van der Waals surface area (Å²) in [6.07, 6.45) is 3.62. The van der Waals surface area contributed by atoms with Crippen LogP contribution in [0, 0.1) is 5.92 Å². The normalized spacial score (nSPS) is 24.4. The molecule has 2 aliphatic rings. The number of benzene rings is 2. The number of carbonyl (C=O) groups excluding carboxylic acids is 1. The molecule has 27 heavy (non-hydrogen) atoms. The third kappa shape index (κ3) is 3.46. The van der Waals surface area contributed by atoms with Crippen LogP contribution in [0.3, 0.4) is 0 Å². The molecular weight excluding hydrogens is 449 g/mol. The van der Waals surface area contributed by atoms with Gasteiger partial charge in [0.25, 0.3) is 0 Å². The van der Waals surface area contributed by atoms with E-state index in [1.165, 1.54) is 15.6 Å². The number of pyridine rings is 1. The number of hydrogen-bond acceptors (Lipinski definition) is 3. The Balaban J connectivity index is 1.39. The fourth-order valence-corrected chi connectivity index (χ4v) is 5.79. The molecule has 3 heterocycles. The van der Waals surface area contributed by atoms with Crippen molar-refractivity contribution in [2.45, 2.75) is 9.84 Å². The maximum atomic E-state index is 13.1. The molecule has 0 aliphatic carbocycles. The summed E-state index contributed by atoms with van der Waals surface area (Å²) in [6, 6.07) is 16.7. The van der Waals surface area contributed by atoms with Gasteiger partial charge in [-0.25, -0.2) is 0 Å². The average molecular weight is 470 g/mol. The van der Waals surface area contributed by atoms with E-state index in [1.54, 1.807) is 6.20 Å². The summed E-state index contributed by atoms with van der Waals surface area (Å²) in [7, 11) is 0. The number of amides is 1. The summed E-state index contributed by atoms with van der Waals surface area (Å²) in [6.45, 7) is 1.62. The summed E-state index contributed by atoms with van der Waals surface area (Å²) in [4.78, 5) is 17.2. The Bertz CT molecular complexity index is 1000. The number of hydrogen-bond donors (Lipinski definition) is 2. The number of fused-ring (bicyclic) bond motifs is 1. The molecule has 2 saturated heterocycles. The van der Waals surface area contributed by atoms with Gasteiger partial charge < -0.3 is 0 Å². The van der Waals surface area contributed by atoms with E-state index in [2.05, 4.69) is 39.9 Å². The maximum absolute atomic E-state index is 13.1. The fraction of sp³-hybridized carbons (Fsp3) is 0.273. The third-order valence-corrected chi connectivity index (χ3v) is 7.93. The van der Waals surface area contributed by atoms with Crippen molar-refractivity contribution in [3.05, 3.63) is 72.1 Å². The van der Waals surface area contributed by atoms with Crippen molar-refractivity contribution in [1.82, 2.24) is 10.3 Å². The summed E-state index contributed by atoms with van der Waals surface area (Å²) < 4.78 is 2.19. The first-order chi connectivity index (χ1) is 13.3. The zero-order valence-corrected chi connectivity index (χ0v) is 17.0. The van der Waals surface area contributed by atoms with Crippen LogP contribution in [0.4, 0.5) is 5.69 Å². The van der Waals surface area contributed by atoms with E-state index in [9.17, 15) is 4.79 Å². The van der Waals surface area contributed by atoms with Crippen molar-refractivity contribution in [3.63, 3.8) is 0 Å². The van der Waals surface area contributed by atoms with Crippen LogP contribution in [0.5, 0.6) is 0 Å². The molecule has 0 bridgehead atoms. The van der Waals surface area contributed by atoms with Gasteiger partial charge in [-0.1, -0.05) is 0 Å². The topological polar surface area (TPSA) is 54.0 Å². The number of anilines is 1. The predicted octanol–water partition coefficient (Wildman–Crippen LogP) is 0.320. The first-order valence-electron chi connectivity index (χ1n) is 9.31. The van der Waals surface area contributed by atoms with E-state index in [0.29, 0.717) is 21.2 Å². The van der Waals surface area contributed by atoms with E-state index in [-0.39, 0.29) is 17.7 Å². The second-order valence-corrected chi connectivity index (χ2v) is 10.5. The minimum absolute atomic E-state index is 0.0313. The minimum atomic E-state index is -0.0313. The molecule has 2 aromatic carbocycles. The van der Waals surface area contributed by atoms with E-state index in [4.69, 9.17) is 0 Å². The SMILES string of the molecule is O=C(Nc1ccc2cnccc2c1)[C@@H]1CNC[C@H]1c1ccccc1C1C[I-]1. The van der Waals surface area contributed by atoms with Crippen LogP contribution < -0.4 is 31.8 Å². The van der Waals surface area contributed by atoms with Crippen molar-refractivity contribution in [2.24, 2.45) is 5.92 Å². The van der Waals surface area contributed by atoms with Gasteiger partial charge in [0, 0.05) is 0 Å². The average Bonchev–Trinajstić information content (AvgIpc) is 3.44. The van der Waals surface area contributed by atoms with Crippen molar-refractivity contribution in [3.8, 4) is 0 Å². The molecule has 3 aromatic rings. The van der Waals surface area contributed by atoms with Crippen molar-refractivity contribution in [2.75, 3.05) is 22.8 Å². The van der Waals surface area contributed by atoms with Crippen molar-refractivity contribution in [1.29, 1.82) is 0 Å². The molecular formula is C22H21IN3O-. The summed E-state index contributed by atoms with van der Waals surface area (Å²) >= 11 is 0.349. The van der Waals surface area contributed by atoms with Crippen LogP contribution in [0.1, 0.15) is 21.0 Å². The van der Waals surface area contributed by atoms with Crippen molar-refractivity contribution >= 4 is 22.4 Å². The quantitative estimate of drug-likeness (QED) is 0.427. The molecule has 2 fully saturated rings. The van der Waals surface area contributed by atoms with Crippen LogP contribution in [-0.4, -0.2) is 28.4 Å². The third-order valence-electron chi connectivity index (χ3n) is 5.50. The van der Waals surface area contributed by atoms with Gasteiger partial charge in [0.05, 0.1) is 0 Å². The van der Waals surface area contributed by atoms with Crippen LogP contribution in [0.15, 0.2) is 60.9 Å². The Morgan fingerprint density at radius 1 is 1.07 bits per heavy atom. The number of nitrogens with one attached hydrogen (secondary N) is 2. The molecule has 1 aromatic heterocycles. The Labute approximate surface area is 169 Å². The molecule has 5 heteroatoms. The molecule has 1 unspecified atom stereocenters. The monoisotopic (exact) mass is 470 g/mol. The van der Waals surface area contributed by atoms with Gasteiger partial charge in [-0.05, 0) is 0 Å². The van der Waals surface area contributed by atoms with Gasteiger partial charge in [-0.2, -0.15) is 0 Å². The molecule has 5 rings (SSSR count). The fourth-order valence-electron chi connectivity index (χ4n) is 4.02. The molecule has 1 amide bonds. The second kappa shape index (κ2) is 7.20. The summed E-state index contributed by atoms with van der Waals surface area (Å²) in [5.41, 5.74) is 3.73. The van der Waals surface area contributed by atoms with Crippen LogP contribution in [-0.2, 0) is 4.79 Å². The molecule has 0 spiro atoms. The predicted molar refractivity (Wildman–Crippen MR) is 104 cm³/mol. The zero-order valence-electron chi connectivity index (χ0n) is 14.9. The molecule has 0 saturated carbocycles. The zero-order chi connectivity index (χ0) is 18.2. The van der Waals surface area contributed by atoms with Crippen LogP contribution >= 0.6 is 0 Å². The number of alkyl halides is 2. The van der Waals surface area contributed by atoms with E-state index in [1.807, 2.05) is 30.5 Å². The summed E-state index contributed by atoms with van der Waals surface area (Å²) in [5, 5.41) is 8.76. The number of rotatable bonds is 4. The van der Waals surface area contributed by atoms with E-state index in [0.717, 1.165) is 33.5 Å². The van der Waals surface area contributed by atoms with Gasteiger partial charge >= 0.3 is 164 Å². The first-order valence-corrected chi connectivity index (χ1v) is 12.1. The molecule has 4 nitrogen and oxygen atoms in total. The van der Waals surface area contributed by atoms with Gasteiger partial charge in [0.1, 0.15) is 0 Å². The van der Waals surface area contributed by atoms with Crippen LogP contribution in [0.25, 0.3) is 10.8 Å². The summed E-state index contributed by atoms with van der Waals surface area (Å²) in [5.74, 6) is 0.338. The van der Waals surface area contributed by atoms with Crippen molar-refractivity contribution < 1.29 is 26.0 Å². The molecule has 0 radical (unpaired) electrons. The Morgan fingerprint density at radius 2 is 1.93 bits per heavy atom. The van der Waals surface area contributed by atoms with Gasteiger partial charge in [-0.3, -0.25) is 4.98 Å². The Morgan fingerprint density at radius 3 is 2.78 bits per heavy atom. The Kier molecular flexibility index (Phi) is 4.57. The second-order valence-electron chi connectivity index (χ2n) is 7.20. The van der Waals surface area contributed by atoms with Gasteiger partial charge in [-0.15, -0.1) is 0 Å². The van der Waals surface area contributed by atoms with E-state index >= 15 is 0 Å². The first kappa shape index (κ1) is 17.1. The number of aromatic nitrogens is 1. The van der Waals surface area contributed by atoms with Gasteiger partial charge in [0.2, 0.25) is 0 Å². The number of carbonyl (C=O) groups is 1.